The molecule has 1 atom stereocenters. The lowest BCUT2D eigenvalue weighted by Crippen LogP contribution is -2.36. The number of carbonyl (C=O) groups excluding carboxylic acids is 1. The number of fused-ring (bicyclic) bond motifs is 1. The third-order valence-corrected chi connectivity index (χ3v) is 7.19. The van der Waals surface area contributed by atoms with Crippen LogP contribution in [0.15, 0.2) is 35.1 Å². The van der Waals surface area contributed by atoms with Crippen LogP contribution in [0.5, 0.6) is 0 Å². The van der Waals surface area contributed by atoms with Gasteiger partial charge in [-0.2, -0.15) is 0 Å². The van der Waals surface area contributed by atoms with E-state index in [0.29, 0.717) is 23.2 Å². The molecule has 0 N–H and O–H groups in total. The normalized spacial score (nSPS) is 15.9. The number of thiazole rings is 1. The third-order valence-electron chi connectivity index (χ3n) is 6.20. The monoisotopic (exact) mass is 503 g/mol. The number of Topliss-reactive ketones (excluding diaryl/α,β-unsaturated/α-hetero) is 1. The van der Waals surface area contributed by atoms with Gasteiger partial charge in [-0.1, -0.05) is 41.7 Å². The quantitative estimate of drug-likeness (QED) is 0.437. The summed E-state index contributed by atoms with van der Waals surface area (Å²) < 4.78 is 1.77. The fourth-order valence-corrected chi connectivity index (χ4v) is 5.51. The van der Waals surface area contributed by atoms with Crippen LogP contribution < -0.4 is 10.5 Å². The molecule has 0 bridgehead atoms. The van der Waals surface area contributed by atoms with Crippen molar-refractivity contribution in [3.05, 3.63) is 52.1 Å². The summed E-state index contributed by atoms with van der Waals surface area (Å²) in [5, 5.41) is 0.741. The summed E-state index contributed by atoms with van der Waals surface area (Å²) >= 11 is 1.44. The Morgan fingerprint density at radius 3 is 2.59 bits per heavy atom. The van der Waals surface area contributed by atoms with Gasteiger partial charge in [0.25, 0.3) is 5.56 Å². The van der Waals surface area contributed by atoms with Gasteiger partial charge in [-0.05, 0) is 52.8 Å². The fraction of sp³-hybridized carbons (Fsp3) is 0.520. The SMILES string of the molecule is CC(C)n1c(CCN(C)C)nc2sc(N3CCC[C@@H]3C(=O)CCc3ccccc3)nc2c1=O.Cl. The van der Waals surface area contributed by atoms with Crippen LogP contribution in [0.1, 0.15) is 50.5 Å². The number of aryl methyl sites for hydroxylation is 1. The summed E-state index contributed by atoms with van der Waals surface area (Å²) in [6, 6.07) is 9.97. The number of benzene rings is 1. The number of aromatic nitrogens is 3. The van der Waals surface area contributed by atoms with E-state index >= 15 is 0 Å². The van der Waals surface area contributed by atoms with E-state index in [1.54, 1.807) is 4.57 Å². The van der Waals surface area contributed by atoms with E-state index < -0.39 is 0 Å². The van der Waals surface area contributed by atoms with Gasteiger partial charge in [0.05, 0.1) is 6.04 Å². The summed E-state index contributed by atoms with van der Waals surface area (Å²) in [4.78, 5) is 40.8. The van der Waals surface area contributed by atoms with Crippen molar-refractivity contribution in [1.29, 1.82) is 0 Å². The maximum Gasteiger partial charge on any atom is 0.281 e. The van der Waals surface area contributed by atoms with Crippen LogP contribution in [0, 0.1) is 0 Å². The van der Waals surface area contributed by atoms with Gasteiger partial charge in [-0.15, -0.1) is 12.4 Å². The Bertz CT molecular complexity index is 1180. The lowest BCUT2D eigenvalue weighted by molar-refractivity contribution is -0.120. The molecule has 3 heterocycles. The standard InChI is InChI=1S/C25H33N5O2S.ClH/c1-17(2)30-21(14-16-28(3)4)26-23-22(24(30)32)27-25(33-23)29-15-8-11-19(29)20(31)13-12-18-9-6-5-7-10-18;/h5-7,9-10,17,19H,8,11-16H2,1-4H3;1H/t19-;/m1./s1. The predicted molar refractivity (Wildman–Crippen MR) is 142 cm³/mol. The number of rotatable bonds is 9. The molecule has 0 spiro atoms. The van der Waals surface area contributed by atoms with Crippen molar-refractivity contribution in [1.82, 2.24) is 19.4 Å². The van der Waals surface area contributed by atoms with Crippen LogP contribution >= 0.6 is 23.7 Å². The molecule has 184 valence electrons. The summed E-state index contributed by atoms with van der Waals surface area (Å²) in [5.41, 5.74) is 1.51. The second kappa shape index (κ2) is 11.4. The summed E-state index contributed by atoms with van der Waals surface area (Å²) in [7, 11) is 4.03. The zero-order chi connectivity index (χ0) is 23.5. The van der Waals surface area contributed by atoms with Gasteiger partial charge in [-0.3, -0.25) is 14.2 Å². The Labute approximate surface area is 211 Å². The largest absolute Gasteiger partial charge is 0.338 e. The van der Waals surface area contributed by atoms with E-state index in [1.165, 1.54) is 16.9 Å². The number of carbonyl (C=O) groups is 1. The minimum absolute atomic E-state index is 0. The average Bonchev–Trinajstić information content (AvgIpc) is 3.43. The number of hydrogen-bond donors (Lipinski definition) is 0. The van der Waals surface area contributed by atoms with Gasteiger partial charge in [0.15, 0.2) is 21.3 Å². The lowest BCUT2D eigenvalue weighted by atomic mass is 10.0. The molecule has 0 radical (unpaired) electrons. The number of ketones is 1. The zero-order valence-corrected chi connectivity index (χ0v) is 22.0. The summed E-state index contributed by atoms with van der Waals surface area (Å²) in [5.74, 6) is 1.04. The van der Waals surface area contributed by atoms with E-state index in [4.69, 9.17) is 9.97 Å². The molecule has 4 rings (SSSR count). The van der Waals surface area contributed by atoms with Crippen molar-refractivity contribution in [3.63, 3.8) is 0 Å². The molecule has 0 saturated carbocycles. The maximum absolute atomic E-state index is 13.3. The first kappa shape index (κ1) is 26.3. The van der Waals surface area contributed by atoms with Crippen LogP contribution in [0.25, 0.3) is 10.3 Å². The van der Waals surface area contributed by atoms with Crippen LogP contribution in [-0.4, -0.2) is 58.4 Å². The molecule has 0 unspecified atom stereocenters. The van der Waals surface area contributed by atoms with Crippen molar-refractivity contribution in [2.24, 2.45) is 0 Å². The first-order chi connectivity index (χ1) is 15.8. The Balaban J connectivity index is 0.00000324. The molecule has 1 aromatic carbocycles. The molecule has 1 fully saturated rings. The summed E-state index contributed by atoms with van der Waals surface area (Å²) in [6.07, 6.45) is 3.76. The Kier molecular flexibility index (Phi) is 8.84. The van der Waals surface area contributed by atoms with E-state index in [-0.39, 0.29) is 35.8 Å². The van der Waals surface area contributed by atoms with E-state index in [9.17, 15) is 9.59 Å². The fourth-order valence-electron chi connectivity index (χ4n) is 4.48. The second-order valence-corrected chi connectivity index (χ2v) is 10.3. The number of halogens is 1. The van der Waals surface area contributed by atoms with Gasteiger partial charge in [0.2, 0.25) is 0 Å². The zero-order valence-electron chi connectivity index (χ0n) is 20.4. The lowest BCUT2D eigenvalue weighted by Gasteiger charge is -2.22. The number of hydrogen-bond acceptors (Lipinski definition) is 7. The highest BCUT2D eigenvalue weighted by Gasteiger charge is 2.33. The van der Waals surface area contributed by atoms with Crippen LogP contribution in [0.4, 0.5) is 5.13 Å². The van der Waals surface area contributed by atoms with E-state index in [0.717, 1.165) is 43.3 Å². The smallest absolute Gasteiger partial charge is 0.281 e. The van der Waals surface area contributed by atoms with E-state index in [1.807, 2.05) is 46.1 Å². The van der Waals surface area contributed by atoms with E-state index in [2.05, 4.69) is 21.9 Å². The average molecular weight is 504 g/mol. The highest BCUT2D eigenvalue weighted by Crippen LogP contribution is 2.32. The number of anilines is 1. The van der Waals surface area contributed by atoms with Crippen LogP contribution in [0.2, 0.25) is 0 Å². The van der Waals surface area contributed by atoms with Gasteiger partial charge in [0, 0.05) is 32.0 Å². The number of likely N-dealkylation sites (N-methyl/N-ethyl adjacent to an activating group) is 1. The molecule has 0 aliphatic carbocycles. The van der Waals surface area contributed by atoms with Crippen molar-refractivity contribution < 1.29 is 4.79 Å². The van der Waals surface area contributed by atoms with Crippen molar-refractivity contribution in [2.75, 3.05) is 32.1 Å². The van der Waals surface area contributed by atoms with Crippen molar-refractivity contribution >= 4 is 45.0 Å². The van der Waals surface area contributed by atoms with Gasteiger partial charge in [-0.25, -0.2) is 9.97 Å². The van der Waals surface area contributed by atoms with Crippen molar-refractivity contribution in [2.45, 2.75) is 58.0 Å². The third kappa shape index (κ3) is 5.67. The second-order valence-electron chi connectivity index (χ2n) is 9.30. The minimum Gasteiger partial charge on any atom is -0.338 e. The highest BCUT2D eigenvalue weighted by molar-refractivity contribution is 7.21. The Morgan fingerprint density at radius 1 is 1.18 bits per heavy atom. The molecule has 3 aromatic rings. The molecule has 1 aliphatic heterocycles. The van der Waals surface area contributed by atoms with Gasteiger partial charge >= 0.3 is 0 Å². The highest BCUT2D eigenvalue weighted by atomic mass is 35.5. The topological polar surface area (TPSA) is 71.3 Å². The van der Waals surface area contributed by atoms with Crippen LogP contribution in [0.3, 0.4) is 0 Å². The van der Waals surface area contributed by atoms with Crippen molar-refractivity contribution in [3.8, 4) is 0 Å². The molecular formula is C25H34ClN5O2S. The van der Waals surface area contributed by atoms with Crippen LogP contribution in [-0.2, 0) is 17.6 Å². The Morgan fingerprint density at radius 2 is 1.91 bits per heavy atom. The molecule has 1 aliphatic rings. The number of nitrogens with zero attached hydrogens (tertiary/aromatic N) is 5. The van der Waals surface area contributed by atoms with Gasteiger partial charge in [0.1, 0.15) is 5.82 Å². The predicted octanol–water partition coefficient (Wildman–Crippen LogP) is 4.13. The molecular weight excluding hydrogens is 470 g/mol. The maximum atomic E-state index is 13.3. The minimum atomic E-state index is -0.171. The first-order valence-corrected chi connectivity index (χ1v) is 12.6. The molecule has 7 nitrogen and oxygen atoms in total. The van der Waals surface area contributed by atoms with Gasteiger partial charge < -0.3 is 9.80 Å². The Hall–Kier alpha value is -2.29. The molecule has 34 heavy (non-hydrogen) atoms. The molecule has 0 amide bonds. The molecule has 1 saturated heterocycles. The first-order valence-electron chi connectivity index (χ1n) is 11.7. The summed E-state index contributed by atoms with van der Waals surface area (Å²) in [6.45, 7) is 5.61. The molecule has 9 heteroatoms. The molecule has 2 aromatic heterocycles.